The summed E-state index contributed by atoms with van der Waals surface area (Å²) in [6.07, 6.45) is 3.44. The summed E-state index contributed by atoms with van der Waals surface area (Å²) in [5, 5.41) is 8.97. The maximum atomic E-state index is 13.8. The highest BCUT2D eigenvalue weighted by Gasteiger charge is 2.25. The maximum absolute atomic E-state index is 13.8. The van der Waals surface area contributed by atoms with E-state index in [0.29, 0.717) is 24.2 Å². The number of hydrogen-bond acceptors (Lipinski definition) is 2. The van der Waals surface area contributed by atoms with E-state index in [9.17, 15) is 9.18 Å². The molecule has 0 bridgehead atoms. The van der Waals surface area contributed by atoms with Crippen LogP contribution in [0.15, 0.2) is 18.2 Å². The van der Waals surface area contributed by atoms with Crippen LogP contribution >= 0.6 is 0 Å². The minimum atomic E-state index is -1.01. The van der Waals surface area contributed by atoms with Crippen molar-refractivity contribution in [3.8, 4) is 0 Å². The van der Waals surface area contributed by atoms with Gasteiger partial charge in [-0.3, -0.25) is 4.90 Å². The Kier molecular flexibility index (Phi) is 4.20. The van der Waals surface area contributed by atoms with Gasteiger partial charge in [-0.1, -0.05) is 6.42 Å². The van der Waals surface area contributed by atoms with Gasteiger partial charge in [0, 0.05) is 24.2 Å². The smallest absolute Gasteiger partial charge is 0.335 e. The van der Waals surface area contributed by atoms with E-state index in [1.807, 2.05) is 0 Å². The second-order valence-corrected chi connectivity index (χ2v) is 5.41. The molecule has 0 saturated carbocycles. The molecule has 1 aromatic rings. The molecule has 4 heteroatoms. The molecule has 1 N–H and O–H groups in total. The van der Waals surface area contributed by atoms with Crippen LogP contribution in [0.1, 0.15) is 49.0 Å². The lowest BCUT2D eigenvalue weighted by Crippen LogP contribution is -2.43. The van der Waals surface area contributed by atoms with Gasteiger partial charge in [0.15, 0.2) is 0 Å². The Bertz CT molecular complexity index is 465. The molecule has 1 fully saturated rings. The maximum Gasteiger partial charge on any atom is 0.335 e. The summed E-state index contributed by atoms with van der Waals surface area (Å²) in [6, 6.07) is 4.84. The van der Waals surface area contributed by atoms with Crippen LogP contribution in [0.2, 0.25) is 0 Å². The van der Waals surface area contributed by atoms with Crippen LogP contribution < -0.4 is 0 Å². The predicted octanol–water partition coefficient (Wildman–Crippen LogP) is 3.29. The van der Waals surface area contributed by atoms with E-state index in [4.69, 9.17) is 5.11 Å². The summed E-state index contributed by atoms with van der Waals surface area (Å²) in [7, 11) is 0. The predicted molar refractivity (Wildman–Crippen MR) is 71.7 cm³/mol. The van der Waals surface area contributed by atoms with E-state index in [-0.39, 0.29) is 11.4 Å². The number of nitrogens with zero attached hydrogens (tertiary/aromatic N) is 1. The molecule has 3 nitrogen and oxygen atoms in total. The van der Waals surface area contributed by atoms with Gasteiger partial charge < -0.3 is 5.11 Å². The summed E-state index contributed by atoms with van der Waals surface area (Å²) >= 11 is 0. The second kappa shape index (κ2) is 5.70. The van der Waals surface area contributed by atoms with Crippen LogP contribution in [-0.4, -0.2) is 28.1 Å². The van der Waals surface area contributed by atoms with Crippen LogP contribution in [0.4, 0.5) is 4.39 Å². The fourth-order valence-electron chi connectivity index (χ4n) is 2.81. The molecule has 2 unspecified atom stereocenters. The van der Waals surface area contributed by atoms with E-state index in [1.54, 1.807) is 0 Å². The van der Waals surface area contributed by atoms with Gasteiger partial charge in [0.1, 0.15) is 5.82 Å². The molecule has 0 aliphatic carbocycles. The number of hydrogen-bond donors (Lipinski definition) is 1. The van der Waals surface area contributed by atoms with Gasteiger partial charge in [0.25, 0.3) is 0 Å². The summed E-state index contributed by atoms with van der Waals surface area (Å²) in [5.41, 5.74) is 0.620. The third kappa shape index (κ3) is 3.13. The molecular weight excluding hydrogens is 245 g/mol. The number of carboxylic acid groups (broad SMARTS) is 1. The van der Waals surface area contributed by atoms with Gasteiger partial charge in [-0.25, -0.2) is 9.18 Å². The van der Waals surface area contributed by atoms with Crippen molar-refractivity contribution >= 4 is 5.97 Å². The Hall–Kier alpha value is -1.42. The molecule has 2 atom stereocenters. The number of piperidine rings is 1. The molecule has 1 saturated heterocycles. The lowest BCUT2D eigenvalue weighted by molar-refractivity contribution is 0.0696. The Labute approximate surface area is 113 Å². The average Bonchev–Trinajstić information content (AvgIpc) is 2.35. The molecule has 0 spiro atoms. The standard InChI is InChI=1S/C15H20FNO2/c1-10-4-3-5-11(2)17(10)9-13-8-12(15(18)19)6-7-14(13)16/h6-8,10-11H,3-5,9H2,1-2H3,(H,18,19). The number of carboxylic acids is 1. The second-order valence-electron chi connectivity index (χ2n) is 5.41. The Balaban J connectivity index is 2.21. The van der Waals surface area contributed by atoms with Crippen molar-refractivity contribution in [2.24, 2.45) is 0 Å². The van der Waals surface area contributed by atoms with Crippen molar-refractivity contribution in [2.75, 3.05) is 0 Å². The Morgan fingerprint density at radius 2 is 2.00 bits per heavy atom. The zero-order valence-corrected chi connectivity index (χ0v) is 11.4. The van der Waals surface area contributed by atoms with Gasteiger partial charge in [-0.2, -0.15) is 0 Å². The lowest BCUT2D eigenvalue weighted by atomic mass is 9.96. The van der Waals surface area contributed by atoms with Gasteiger partial charge in [-0.05, 0) is 44.9 Å². The third-order valence-corrected chi connectivity index (χ3v) is 4.02. The molecule has 2 rings (SSSR count). The van der Waals surface area contributed by atoms with Gasteiger partial charge in [0.05, 0.1) is 5.56 Å². The van der Waals surface area contributed by atoms with Gasteiger partial charge in [0.2, 0.25) is 0 Å². The van der Waals surface area contributed by atoms with Crippen molar-refractivity contribution < 1.29 is 14.3 Å². The van der Waals surface area contributed by atoms with Gasteiger partial charge >= 0.3 is 5.97 Å². The average molecular weight is 265 g/mol. The van der Waals surface area contributed by atoms with Crippen LogP contribution in [0, 0.1) is 5.82 Å². The van der Waals surface area contributed by atoms with E-state index < -0.39 is 5.97 Å². The summed E-state index contributed by atoms with van der Waals surface area (Å²) in [5.74, 6) is -1.34. The van der Waals surface area contributed by atoms with Crippen LogP contribution in [0.5, 0.6) is 0 Å². The SMILES string of the molecule is CC1CCCC(C)N1Cc1cc(C(=O)O)ccc1F. The molecule has 1 aromatic carbocycles. The van der Waals surface area contributed by atoms with Crippen molar-refractivity contribution in [2.45, 2.75) is 51.7 Å². The van der Waals surface area contributed by atoms with Crippen LogP contribution in [0.25, 0.3) is 0 Å². The van der Waals surface area contributed by atoms with Crippen molar-refractivity contribution in [3.63, 3.8) is 0 Å². The molecule has 0 amide bonds. The number of rotatable bonds is 3. The fourth-order valence-corrected chi connectivity index (χ4v) is 2.81. The van der Waals surface area contributed by atoms with Crippen molar-refractivity contribution in [1.82, 2.24) is 4.90 Å². The van der Waals surface area contributed by atoms with Crippen molar-refractivity contribution in [1.29, 1.82) is 0 Å². The molecule has 1 aliphatic heterocycles. The topological polar surface area (TPSA) is 40.5 Å². The lowest BCUT2D eigenvalue weighted by Gasteiger charge is -2.39. The Morgan fingerprint density at radius 3 is 2.58 bits per heavy atom. The normalized spacial score (nSPS) is 24.4. The minimum Gasteiger partial charge on any atom is -0.478 e. The highest BCUT2D eigenvalue weighted by atomic mass is 19.1. The molecule has 104 valence electrons. The molecule has 0 aromatic heterocycles. The Morgan fingerprint density at radius 1 is 1.37 bits per heavy atom. The fraction of sp³-hybridized carbons (Fsp3) is 0.533. The zero-order chi connectivity index (χ0) is 14.0. The first-order valence-corrected chi connectivity index (χ1v) is 6.76. The monoisotopic (exact) mass is 265 g/mol. The number of aromatic carboxylic acids is 1. The largest absolute Gasteiger partial charge is 0.478 e. The number of carbonyl (C=O) groups is 1. The number of likely N-dealkylation sites (tertiary alicyclic amines) is 1. The first kappa shape index (κ1) is 14.0. The first-order valence-electron chi connectivity index (χ1n) is 6.76. The van der Waals surface area contributed by atoms with E-state index in [2.05, 4.69) is 18.7 Å². The van der Waals surface area contributed by atoms with Crippen molar-refractivity contribution in [3.05, 3.63) is 35.1 Å². The number of halogens is 1. The molecular formula is C15H20FNO2. The summed E-state index contributed by atoms with van der Waals surface area (Å²) in [6.45, 7) is 4.78. The summed E-state index contributed by atoms with van der Waals surface area (Å²) < 4.78 is 13.8. The highest BCUT2D eigenvalue weighted by Crippen LogP contribution is 2.25. The number of benzene rings is 1. The third-order valence-electron chi connectivity index (χ3n) is 4.02. The molecule has 1 aliphatic rings. The highest BCUT2D eigenvalue weighted by molar-refractivity contribution is 5.87. The summed E-state index contributed by atoms with van der Waals surface area (Å²) in [4.78, 5) is 13.2. The molecule has 0 radical (unpaired) electrons. The van der Waals surface area contributed by atoms with Crippen LogP contribution in [-0.2, 0) is 6.54 Å². The first-order chi connectivity index (χ1) is 8.99. The van der Waals surface area contributed by atoms with E-state index >= 15 is 0 Å². The van der Waals surface area contributed by atoms with E-state index in [0.717, 1.165) is 12.8 Å². The zero-order valence-electron chi connectivity index (χ0n) is 11.4. The molecule has 1 heterocycles. The quantitative estimate of drug-likeness (QED) is 0.911. The van der Waals surface area contributed by atoms with Crippen LogP contribution in [0.3, 0.4) is 0 Å². The van der Waals surface area contributed by atoms with E-state index in [1.165, 1.54) is 24.6 Å². The van der Waals surface area contributed by atoms with Gasteiger partial charge in [-0.15, -0.1) is 0 Å². The molecule has 19 heavy (non-hydrogen) atoms. The minimum absolute atomic E-state index is 0.147.